The quantitative estimate of drug-likeness (QED) is 0.899. The second-order valence-electron chi connectivity index (χ2n) is 4.57. The average molecular weight is 261 g/mol. The van der Waals surface area contributed by atoms with E-state index in [9.17, 15) is 0 Å². The molecule has 0 saturated heterocycles. The predicted molar refractivity (Wildman–Crippen MR) is 75.9 cm³/mol. The molecule has 0 amide bonds. The largest absolute Gasteiger partial charge is 0.309 e. The Bertz CT molecular complexity index is 494. The summed E-state index contributed by atoms with van der Waals surface area (Å²) in [4.78, 5) is 0. The van der Waals surface area contributed by atoms with Gasteiger partial charge in [-0.3, -0.25) is 0 Å². The minimum Gasteiger partial charge on any atom is -0.309 e. The van der Waals surface area contributed by atoms with Crippen molar-refractivity contribution in [2.75, 3.05) is 6.54 Å². The van der Waals surface area contributed by atoms with Gasteiger partial charge in [0, 0.05) is 5.38 Å². The second kappa shape index (κ2) is 6.07. The molecular weight excluding hydrogens is 242 g/mol. The maximum atomic E-state index is 4.19. The Morgan fingerprint density at radius 3 is 2.83 bits per heavy atom. The van der Waals surface area contributed by atoms with Crippen LogP contribution in [0.1, 0.15) is 35.3 Å². The molecule has 2 aromatic rings. The molecule has 1 N–H and O–H groups in total. The van der Waals surface area contributed by atoms with E-state index in [-0.39, 0.29) is 6.04 Å². The van der Waals surface area contributed by atoms with Crippen LogP contribution in [-0.4, -0.2) is 16.1 Å². The van der Waals surface area contributed by atoms with Crippen molar-refractivity contribution >= 4 is 11.5 Å². The molecule has 96 valence electrons. The van der Waals surface area contributed by atoms with Crippen LogP contribution < -0.4 is 5.32 Å². The molecular formula is C14H19N3S. The number of nitrogens with one attached hydrogen (secondary N) is 1. The van der Waals surface area contributed by atoms with Gasteiger partial charge in [0.1, 0.15) is 0 Å². The zero-order chi connectivity index (χ0) is 13.0. The lowest BCUT2D eigenvalue weighted by atomic mass is 9.98. The summed E-state index contributed by atoms with van der Waals surface area (Å²) >= 11 is 1.41. The molecule has 0 fully saturated rings. The maximum absolute atomic E-state index is 4.19. The molecule has 2 rings (SSSR count). The van der Waals surface area contributed by atoms with Gasteiger partial charge in [0.25, 0.3) is 0 Å². The van der Waals surface area contributed by atoms with Gasteiger partial charge < -0.3 is 5.32 Å². The van der Waals surface area contributed by atoms with E-state index in [1.807, 2.05) is 5.38 Å². The van der Waals surface area contributed by atoms with Crippen LogP contribution in [-0.2, 0) is 6.42 Å². The molecule has 0 aliphatic heterocycles. The number of aromatic nitrogens is 2. The first-order valence-electron chi connectivity index (χ1n) is 6.27. The summed E-state index contributed by atoms with van der Waals surface area (Å²) in [6, 6.07) is 6.87. The zero-order valence-electron chi connectivity index (χ0n) is 11.1. The minimum absolute atomic E-state index is 0.259. The third-order valence-corrected chi connectivity index (χ3v) is 3.64. The standard InChI is InChI=1S/C14H19N3S/c1-4-15-13(14-9-18-17-16-14)8-12-7-10(2)5-6-11(12)3/h5-7,9,13,15H,4,8H2,1-3H3. The van der Waals surface area contributed by atoms with E-state index in [2.05, 4.69) is 53.9 Å². The van der Waals surface area contributed by atoms with Gasteiger partial charge in [-0.15, -0.1) is 5.10 Å². The molecule has 4 heteroatoms. The molecule has 1 atom stereocenters. The first kappa shape index (κ1) is 13.2. The smallest absolute Gasteiger partial charge is 0.0928 e. The van der Waals surface area contributed by atoms with Crippen LogP contribution in [0, 0.1) is 13.8 Å². The van der Waals surface area contributed by atoms with Crippen molar-refractivity contribution in [3.05, 3.63) is 46.0 Å². The highest BCUT2D eigenvalue weighted by molar-refractivity contribution is 7.03. The predicted octanol–water partition coefficient (Wildman–Crippen LogP) is 3.05. The van der Waals surface area contributed by atoms with E-state index in [0.29, 0.717) is 0 Å². The van der Waals surface area contributed by atoms with Crippen molar-refractivity contribution in [1.29, 1.82) is 0 Å². The summed E-state index contributed by atoms with van der Waals surface area (Å²) in [5, 5.41) is 9.70. The van der Waals surface area contributed by atoms with Crippen molar-refractivity contribution in [3.63, 3.8) is 0 Å². The molecule has 1 unspecified atom stereocenters. The highest BCUT2D eigenvalue weighted by Gasteiger charge is 2.15. The van der Waals surface area contributed by atoms with E-state index in [4.69, 9.17) is 0 Å². The number of benzene rings is 1. The highest BCUT2D eigenvalue weighted by Crippen LogP contribution is 2.20. The summed E-state index contributed by atoms with van der Waals surface area (Å²) < 4.78 is 3.96. The van der Waals surface area contributed by atoms with E-state index in [0.717, 1.165) is 18.7 Å². The fourth-order valence-corrected chi connectivity index (χ4v) is 2.60. The Labute approximate surface area is 112 Å². The van der Waals surface area contributed by atoms with Gasteiger partial charge in [0.15, 0.2) is 0 Å². The van der Waals surface area contributed by atoms with Gasteiger partial charge in [-0.25, -0.2) is 0 Å². The van der Waals surface area contributed by atoms with Gasteiger partial charge in [-0.1, -0.05) is 35.2 Å². The van der Waals surface area contributed by atoms with Crippen LogP contribution in [0.2, 0.25) is 0 Å². The molecule has 0 radical (unpaired) electrons. The van der Waals surface area contributed by atoms with Crippen molar-refractivity contribution in [2.45, 2.75) is 33.2 Å². The van der Waals surface area contributed by atoms with Crippen LogP contribution in [0.3, 0.4) is 0 Å². The van der Waals surface area contributed by atoms with Gasteiger partial charge in [0.05, 0.1) is 11.7 Å². The van der Waals surface area contributed by atoms with Gasteiger partial charge in [-0.05, 0) is 49.5 Å². The summed E-state index contributed by atoms with van der Waals surface area (Å²) in [5.41, 5.74) is 5.07. The summed E-state index contributed by atoms with van der Waals surface area (Å²) in [6.07, 6.45) is 0.965. The van der Waals surface area contributed by atoms with Crippen molar-refractivity contribution < 1.29 is 0 Å². The van der Waals surface area contributed by atoms with Crippen LogP contribution in [0.5, 0.6) is 0 Å². The number of nitrogens with zero attached hydrogens (tertiary/aromatic N) is 2. The number of hydrogen-bond acceptors (Lipinski definition) is 4. The third-order valence-electron chi connectivity index (χ3n) is 3.11. The molecule has 3 nitrogen and oxygen atoms in total. The fourth-order valence-electron chi connectivity index (χ4n) is 2.09. The Morgan fingerprint density at radius 1 is 1.33 bits per heavy atom. The van der Waals surface area contributed by atoms with Gasteiger partial charge in [0.2, 0.25) is 0 Å². The molecule has 0 aliphatic carbocycles. The number of likely N-dealkylation sites (N-methyl/N-ethyl adjacent to an activating group) is 1. The molecule has 0 bridgehead atoms. The molecule has 18 heavy (non-hydrogen) atoms. The van der Waals surface area contributed by atoms with E-state index in [1.165, 1.54) is 28.2 Å². The SMILES string of the molecule is CCNC(Cc1cc(C)ccc1C)c1csnn1. The number of rotatable bonds is 5. The Morgan fingerprint density at radius 2 is 2.17 bits per heavy atom. The van der Waals surface area contributed by atoms with Crippen LogP contribution >= 0.6 is 11.5 Å². The first-order valence-corrected chi connectivity index (χ1v) is 7.10. The first-order chi connectivity index (χ1) is 8.70. The Kier molecular flexibility index (Phi) is 4.44. The summed E-state index contributed by atoms with van der Waals surface area (Å²) in [7, 11) is 0. The summed E-state index contributed by atoms with van der Waals surface area (Å²) in [5.74, 6) is 0. The van der Waals surface area contributed by atoms with Crippen LogP contribution in [0.25, 0.3) is 0 Å². The van der Waals surface area contributed by atoms with E-state index >= 15 is 0 Å². The van der Waals surface area contributed by atoms with Crippen molar-refractivity contribution in [2.24, 2.45) is 0 Å². The number of hydrogen-bond donors (Lipinski definition) is 1. The monoisotopic (exact) mass is 261 g/mol. The molecule has 0 saturated carbocycles. The molecule has 0 spiro atoms. The van der Waals surface area contributed by atoms with Crippen LogP contribution in [0.15, 0.2) is 23.6 Å². The van der Waals surface area contributed by atoms with Crippen molar-refractivity contribution in [3.8, 4) is 0 Å². The normalized spacial score (nSPS) is 12.6. The second-order valence-corrected chi connectivity index (χ2v) is 5.18. The lowest BCUT2D eigenvalue weighted by Gasteiger charge is -2.17. The topological polar surface area (TPSA) is 37.8 Å². The Balaban J connectivity index is 2.21. The lowest BCUT2D eigenvalue weighted by Crippen LogP contribution is -2.23. The Hall–Kier alpha value is -1.26. The maximum Gasteiger partial charge on any atom is 0.0928 e. The molecule has 1 aromatic carbocycles. The average Bonchev–Trinajstić information content (AvgIpc) is 2.87. The molecule has 0 aliphatic rings. The van der Waals surface area contributed by atoms with E-state index in [1.54, 1.807) is 0 Å². The van der Waals surface area contributed by atoms with Crippen molar-refractivity contribution in [1.82, 2.24) is 14.9 Å². The molecule has 1 heterocycles. The minimum atomic E-state index is 0.259. The third kappa shape index (κ3) is 3.15. The molecule has 1 aromatic heterocycles. The van der Waals surface area contributed by atoms with Crippen LogP contribution in [0.4, 0.5) is 0 Å². The van der Waals surface area contributed by atoms with Gasteiger partial charge >= 0.3 is 0 Å². The van der Waals surface area contributed by atoms with Gasteiger partial charge in [-0.2, -0.15) is 0 Å². The lowest BCUT2D eigenvalue weighted by molar-refractivity contribution is 0.534. The summed E-state index contributed by atoms with van der Waals surface area (Å²) in [6.45, 7) is 7.36. The fraction of sp³-hybridized carbons (Fsp3) is 0.429. The zero-order valence-corrected chi connectivity index (χ0v) is 11.9. The highest BCUT2D eigenvalue weighted by atomic mass is 32.1. The number of aryl methyl sites for hydroxylation is 2. The van der Waals surface area contributed by atoms with E-state index < -0.39 is 0 Å².